The van der Waals surface area contributed by atoms with Gasteiger partial charge in [-0.15, -0.1) is 0 Å². The van der Waals surface area contributed by atoms with Gasteiger partial charge in [-0.05, 0) is 53.2 Å². The highest BCUT2D eigenvalue weighted by Gasteiger charge is 2.05. The van der Waals surface area contributed by atoms with Gasteiger partial charge in [0.1, 0.15) is 11.6 Å². The van der Waals surface area contributed by atoms with Gasteiger partial charge in [-0.25, -0.2) is 4.39 Å². The first-order valence-corrected chi connectivity index (χ1v) is 6.64. The summed E-state index contributed by atoms with van der Waals surface area (Å²) in [5.41, 5.74) is 7.80. The summed E-state index contributed by atoms with van der Waals surface area (Å²) in [6, 6.07) is 9.81. The molecule has 0 aliphatic heterocycles. The van der Waals surface area contributed by atoms with E-state index in [4.69, 9.17) is 10.5 Å². The molecule has 2 aromatic rings. The topological polar surface area (TPSA) is 47.3 Å². The Kier molecular flexibility index (Phi) is 4.27. The molecular weight excluding hydrogens is 311 g/mol. The van der Waals surface area contributed by atoms with E-state index in [-0.39, 0.29) is 5.82 Å². The summed E-state index contributed by atoms with van der Waals surface area (Å²) >= 11 is 3.37. The van der Waals surface area contributed by atoms with Gasteiger partial charge in [-0.2, -0.15) is 0 Å². The lowest BCUT2D eigenvalue weighted by Crippen LogP contribution is -1.99. The molecule has 19 heavy (non-hydrogen) atoms. The minimum Gasteiger partial charge on any atom is -0.492 e. The van der Waals surface area contributed by atoms with Crippen molar-refractivity contribution < 1.29 is 9.13 Å². The van der Waals surface area contributed by atoms with Gasteiger partial charge in [-0.3, -0.25) is 0 Å². The van der Waals surface area contributed by atoms with Crippen LogP contribution in [0.5, 0.6) is 5.75 Å². The number of ether oxygens (including phenoxy) is 1. The number of nitrogens with one attached hydrogen (secondary N) is 1. The third-order valence-corrected chi connectivity index (χ3v) is 3.21. The van der Waals surface area contributed by atoms with E-state index in [1.54, 1.807) is 18.2 Å². The predicted molar refractivity (Wildman–Crippen MR) is 79.4 cm³/mol. The van der Waals surface area contributed by atoms with E-state index in [9.17, 15) is 4.39 Å². The Hall–Kier alpha value is -1.75. The molecule has 0 fully saturated rings. The average Bonchev–Trinajstić information content (AvgIpc) is 2.38. The van der Waals surface area contributed by atoms with Gasteiger partial charge in [0, 0.05) is 16.2 Å². The Bertz CT molecular complexity index is 590. The molecule has 0 atom stereocenters. The average molecular weight is 325 g/mol. The molecule has 0 aliphatic rings. The lowest BCUT2D eigenvalue weighted by molar-refractivity contribution is 0.342. The minimum atomic E-state index is -0.300. The third kappa shape index (κ3) is 3.38. The van der Waals surface area contributed by atoms with Crippen LogP contribution in [0.15, 0.2) is 40.9 Å². The maximum Gasteiger partial charge on any atom is 0.144 e. The molecule has 0 aliphatic carbocycles. The SMILES string of the molecule is CCOc1cc(Nc2cc(F)ccc2Br)ccc1N. The summed E-state index contributed by atoms with van der Waals surface area (Å²) in [7, 11) is 0. The first-order chi connectivity index (χ1) is 9.10. The summed E-state index contributed by atoms with van der Waals surface area (Å²) in [5.74, 6) is 0.311. The molecule has 0 saturated heterocycles. The van der Waals surface area contributed by atoms with Crippen molar-refractivity contribution in [2.24, 2.45) is 0 Å². The zero-order valence-electron chi connectivity index (χ0n) is 10.4. The molecule has 0 saturated carbocycles. The number of nitrogens with two attached hydrogens (primary N) is 1. The van der Waals surface area contributed by atoms with Crippen LogP contribution in [0, 0.1) is 5.82 Å². The van der Waals surface area contributed by atoms with Crippen molar-refractivity contribution in [2.45, 2.75) is 6.92 Å². The van der Waals surface area contributed by atoms with Crippen molar-refractivity contribution >= 4 is 33.0 Å². The van der Waals surface area contributed by atoms with Crippen LogP contribution in [0.25, 0.3) is 0 Å². The molecule has 2 aromatic carbocycles. The van der Waals surface area contributed by atoms with Crippen molar-refractivity contribution in [3.05, 3.63) is 46.7 Å². The maximum atomic E-state index is 13.2. The van der Waals surface area contributed by atoms with Gasteiger partial charge in [0.25, 0.3) is 0 Å². The van der Waals surface area contributed by atoms with Crippen molar-refractivity contribution in [3.63, 3.8) is 0 Å². The van der Waals surface area contributed by atoms with Crippen LogP contribution in [-0.2, 0) is 0 Å². The largest absolute Gasteiger partial charge is 0.492 e. The van der Waals surface area contributed by atoms with Crippen molar-refractivity contribution in [3.8, 4) is 5.75 Å². The highest BCUT2D eigenvalue weighted by molar-refractivity contribution is 9.10. The molecular formula is C14H14BrFN2O. The lowest BCUT2D eigenvalue weighted by atomic mass is 10.2. The van der Waals surface area contributed by atoms with Crippen molar-refractivity contribution in [1.29, 1.82) is 0 Å². The quantitative estimate of drug-likeness (QED) is 0.824. The molecule has 3 nitrogen and oxygen atoms in total. The molecule has 0 amide bonds. The van der Waals surface area contributed by atoms with Crippen LogP contribution in [0.1, 0.15) is 6.92 Å². The van der Waals surface area contributed by atoms with Crippen LogP contribution in [-0.4, -0.2) is 6.61 Å². The van der Waals surface area contributed by atoms with E-state index in [1.165, 1.54) is 12.1 Å². The van der Waals surface area contributed by atoms with Gasteiger partial charge >= 0.3 is 0 Å². The van der Waals surface area contributed by atoms with E-state index in [0.29, 0.717) is 23.7 Å². The van der Waals surface area contributed by atoms with E-state index < -0.39 is 0 Å². The summed E-state index contributed by atoms with van der Waals surface area (Å²) in [5, 5.41) is 3.12. The Labute approximate surface area is 119 Å². The van der Waals surface area contributed by atoms with Crippen LogP contribution in [0.2, 0.25) is 0 Å². The Balaban J connectivity index is 2.28. The number of halogens is 2. The molecule has 0 heterocycles. The van der Waals surface area contributed by atoms with Gasteiger partial charge < -0.3 is 15.8 Å². The Morgan fingerprint density at radius 3 is 2.79 bits per heavy atom. The second kappa shape index (κ2) is 5.93. The molecule has 3 N–H and O–H groups in total. The second-order valence-electron chi connectivity index (χ2n) is 3.93. The summed E-state index contributed by atoms with van der Waals surface area (Å²) in [4.78, 5) is 0. The predicted octanol–water partition coefficient (Wildman–Crippen LogP) is 4.31. The second-order valence-corrected chi connectivity index (χ2v) is 4.79. The van der Waals surface area contributed by atoms with Crippen LogP contribution in [0.4, 0.5) is 21.5 Å². The molecule has 2 rings (SSSR count). The fraction of sp³-hybridized carbons (Fsp3) is 0.143. The fourth-order valence-corrected chi connectivity index (χ4v) is 1.99. The van der Waals surface area contributed by atoms with Gasteiger partial charge in [0.15, 0.2) is 0 Å². The zero-order valence-corrected chi connectivity index (χ0v) is 12.0. The molecule has 100 valence electrons. The number of anilines is 3. The van der Waals surface area contributed by atoms with Crippen LogP contribution in [0.3, 0.4) is 0 Å². The molecule has 0 unspecified atom stereocenters. The number of nitrogen functional groups attached to an aromatic ring is 1. The standard InChI is InChI=1S/C14H14BrFN2O/c1-2-19-14-8-10(4-6-12(14)17)18-13-7-9(16)3-5-11(13)15/h3-8,18H,2,17H2,1H3. The third-order valence-electron chi connectivity index (χ3n) is 2.52. The molecule has 0 bridgehead atoms. The first-order valence-electron chi connectivity index (χ1n) is 5.84. The first kappa shape index (κ1) is 13.7. The number of rotatable bonds is 4. The highest BCUT2D eigenvalue weighted by Crippen LogP contribution is 2.30. The highest BCUT2D eigenvalue weighted by atomic mass is 79.9. The summed E-state index contributed by atoms with van der Waals surface area (Å²) in [6.07, 6.45) is 0. The number of benzene rings is 2. The number of hydrogen-bond acceptors (Lipinski definition) is 3. The van der Waals surface area contributed by atoms with E-state index in [2.05, 4.69) is 21.2 Å². The normalized spacial score (nSPS) is 10.3. The van der Waals surface area contributed by atoms with E-state index >= 15 is 0 Å². The summed E-state index contributed by atoms with van der Waals surface area (Å²) < 4.78 is 19.4. The van der Waals surface area contributed by atoms with Gasteiger partial charge in [-0.1, -0.05) is 0 Å². The maximum absolute atomic E-state index is 13.2. The fourth-order valence-electron chi connectivity index (χ4n) is 1.64. The van der Waals surface area contributed by atoms with E-state index in [0.717, 1.165) is 10.2 Å². The van der Waals surface area contributed by atoms with Gasteiger partial charge in [0.05, 0.1) is 18.0 Å². The Morgan fingerprint density at radius 1 is 1.26 bits per heavy atom. The number of hydrogen-bond donors (Lipinski definition) is 2. The smallest absolute Gasteiger partial charge is 0.144 e. The van der Waals surface area contributed by atoms with Gasteiger partial charge in [0.2, 0.25) is 0 Å². The molecule has 0 aromatic heterocycles. The van der Waals surface area contributed by atoms with Crippen molar-refractivity contribution in [1.82, 2.24) is 0 Å². The van der Waals surface area contributed by atoms with Crippen LogP contribution >= 0.6 is 15.9 Å². The molecule has 5 heteroatoms. The summed E-state index contributed by atoms with van der Waals surface area (Å²) in [6.45, 7) is 2.43. The minimum absolute atomic E-state index is 0.300. The van der Waals surface area contributed by atoms with Crippen LogP contribution < -0.4 is 15.8 Å². The van der Waals surface area contributed by atoms with E-state index in [1.807, 2.05) is 13.0 Å². The van der Waals surface area contributed by atoms with Crippen molar-refractivity contribution in [2.75, 3.05) is 17.7 Å². The monoisotopic (exact) mass is 324 g/mol. The Morgan fingerprint density at radius 2 is 2.05 bits per heavy atom. The molecule has 0 spiro atoms. The lowest BCUT2D eigenvalue weighted by Gasteiger charge is -2.12. The zero-order chi connectivity index (χ0) is 13.8. The molecule has 0 radical (unpaired) electrons.